The fourth-order valence-electron chi connectivity index (χ4n) is 3.15. The number of carbonyl (C=O) groups excluding carboxylic acids is 1. The van der Waals surface area contributed by atoms with E-state index in [4.69, 9.17) is 9.47 Å². The Balaban J connectivity index is 2.31. The number of hydrogen-bond donors (Lipinski definition) is 1. The van der Waals surface area contributed by atoms with Crippen molar-refractivity contribution in [2.75, 3.05) is 13.2 Å². The smallest absolute Gasteiger partial charge is 0.344 e. The lowest BCUT2D eigenvalue weighted by Crippen LogP contribution is -2.15. The molecule has 0 atom stereocenters. The SMILES string of the molecule is CCOC(=O)COc1cc(C(C)C)c(Cc2ccc(O)c(C(C)C)c2)cc1F. The van der Waals surface area contributed by atoms with Gasteiger partial charge in [0.1, 0.15) is 5.75 Å². The molecule has 0 aliphatic rings. The minimum Gasteiger partial charge on any atom is -0.508 e. The van der Waals surface area contributed by atoms with Crippen molar-refractivity contribution in [2.24, 2.45) is 0 Å². The number of halogens is 1. The van der Waals surface area contributed by atoms with Gasteiger partial charge in [-0.05, 0) is 65.6 Å². The maximum atomic E-state index is 14.6. The van der Waals surface area contributed by atoms with Crippen molar-refractivity contribution >= 4 is 5.97 Å². The summed E-state index contributed by atoms with van der Waals surface area (Å²) in [6.07, 6.45) is 0.544. The van der Waals surface area contributed by atoms with Crippen molar-refractivity contribution in [2.45, 2.75) is 52.9 Å². The molecular formula is C23H29FO4. The highest BCUT2D eigenvalue weighted by atomic mass is 19.1. The maximum Gasteiger partial charge on any atom is 0.344 e. The van der Waals surface area contributed by atoms with Crippen LogP contribution in [0.1, 0.15) is 68.7 Å². The highest BCUT2D eigenvalue weighted by Crippen LogP contribution is 2.31. The summed E-state index contributed by atoms with van der Waals surface area (Å²) in [5.41, 5.74) is 3.69. The van der Waals surface area contributed by atoms with Crippen LogP contribution in [0.3, 0.4) is 0 Å². The molecule has 5 heteroatoms. The van der Waals surface area contributed by atoms with Crippen molar-refractivity contribution in [3.63, 3.8) is 0 Å². The highest BCUT2D eigenvalue weighted by Gasteiger charge is 2.16. The quantitative estimate of drug-likeness (QED) is 0.623. The normalized spacial score (nSPS) is 11.1. The molecule has 0 amide bonds. The summed E-state index contributed by atoms with van der Waals surface area (Å²) in [7, 11) is 0. The molecule has 0 saturated carbocycles. The number of rotatable bonds is 8. The predicted octanol–water partition coefficient (Wildman–Crippen LogP) is 5.31. The van der Waals surface area contributed by atoms with Crippen molar-refractivity contribution in [3.05, 3.63) is 58.4 Å². The molecule has 0 heterocycles. The summed E-state index contributed by atoms with van der Waals surface area (Å²) in [6, 6.07) is 8.64. The zero-order valence-corrected chi connectivity index (χ0v) is 17.2. The summed E-state index contributed by atoms with van der Waals surface area (Å²) >= 11 is 0. The zero-order chi connectivity index (χ0) is 20.8. The molecule has 0 fully saturated rings. The number of esters is 1. The van der Waals surface area contributed by atoms with Crippen LogP contribution in [-0.4, -0.2) is 24.3 Å². The van der Waals surface area contributed by atoms with E-state index >= 15 is 0 Å². The number of ether oxygens (including phenoxy) is 2. The van der Waals surface area contributed by atoms with Gasteiger partial charge in [0.05, 0.1) is 6.61 Å². The molecule has 1 N–H and O–H groups in total. The Labute approximate surface area is 166 Å². The summed E-state index contributed by atoms with van der Waals surface area (Å²) in [4.78, 5) is 11.5. The van der Waals surface area contributed by atoms with Gasteiger partial charge in [-0.2, -0.15) is 0 Å². The first kappa shape index (κ1) is 21.7. The van der Waals surface area contributed by atoms with Crippen LogP contribution in [0.15, 0.2) is 30.3 Å². The summed E-state index contributed by atoms with van der Waals surface area (Å²) in [5.74, 6) is -0.359. The van der Waals surface area contributed by atoms with E-state index in [0.29, 0.717) is 6.42 Å². The Hall–Kier alpha value is -2.56. The van der Waals surface area contributed by atoms with Gasteiger partial charge in [-0.25, -0.2) is 9.18 Å². The van der Waals surface area contributed by atoms with E-state index in [1.165, 1.54) is 6.07 Å². The average molecular weight is 388 g/mol. The number of phenols is 1. The van der Waals surface area contributed by atoms with Crippen molar-refractivity contribution in [3.8, 4) is 11.5 Å². The average Bonchev–Trinajstić information content (AvgIpc) is 2.62. The third-order valence-electron chi connectivity index (χ3n) is 4.58. The summed E-state index contributed by atoms with van der Waals surface area (Å²) in [6.45, 7) is 9.74. The van der Waals surface area contributed by atoms with Gasteiger partial charge >= 0.3 is 5.97 Å². The molecule has 0 bridgehead atoms. The molecule has 0 radical (unpaired) electrons. The second-order valence-electron chi connectivity index (χ2n) is 7.45. The van der Waals surface area contributed by atoms with E-state index < -0.39 is 11.8 Å². The molecule has 0 saturated heterocycles. The number of benzene rings is 2. The van der Waals surface area contributed by atoms with Crippen LogP contribution in [0, 0.1) is 5.82 Å². The van der Waals surface area contributed by atoms with Gasteiger partial charge in [-0.1, -0.05) is 39.8 Å². The van der Waals surface area contributed by atoms with Gasteiger partial charge in [0.25, 0.3) is 0 Å². The number of carbonyl (C=O) groups is 1. The summed E-state index contributed by atoms with van der Waals surface area (Å²) in [5, 5.41) is 10.0. The van der Waals surface area contributed by atoms with Gasteiger partial charge in [0.2, 0.25) is 0 Å². The van der Waals surface area contributed by atoms with Crippen molar-refractivity contribution in [1.82, 2.24) is 0 Å². The van der Waals surface area contributed by atoms with Crippen LogP contribution in [0.4, 0.5) is 4.39 Å². The molecule has 152 valence electrons. The van der Waals surface area contributed by atoms with Gasteiger partial charge < -0.3 is 14.6 Å². The maximum absolute atomic E-state index is 14.6. The van der Waals surface area contributed by atoms with Gasteiger partial charge in [0.15, 0.2) is 18.2 Å². The monoisotopic (exact) mass is 388 g/mol. The lowest BCUT2D eigenvalue weighted by Gasteiger charge is -2.17. The third kappa shape index (κ3) is 5.47. The van der Waals surface area contributed by atoms with Crippen LogP contribution in [0.25, 0.3) is 0 Å². The van der Waals surface area contributed by atoms with Gasteiger partial charge in [-0.3, -0.25) is 0 Å². The van der Waals surface area contributed by atoms with Crippen molar-refractivity contribution in [1.29, 1.82) is 0 Å². The first-order valence-electron chi connectivity index (χ1n) is 9.65. The van der Waals surface area contributed by atoms with Crippen LogP contribution >= 0.6 is 0 Å². The number of aromatic hydroxyl groups is 1. The van der Waals surface area contributed by atoms with Crippen molar-refractivity contribution < 1.29 is 23.8 Å². The number of hydrogen-bond acceptors (Lipinski definition) is 4. The molecule has 0 spiro atoms. The van der Waals surface area contributed by atoms with Crippen LogP contribution in [-0.2, 0) is 16.0 Å². The molecule has 0 aromatic heterocycles. The van der Waals surface area contributed by atoms with Crippen LogP contribution < -0.4 is 4.74 Å². The predicted molar refractivity (Wildman–Crippen MR) is 108 cm³/mol. The Morgan fingerprint density at radius 1 is 1.07 bits per heavy atom. The minimum absolute atomic E-state index is 0.0501. The van der Waals surface area contributed by atoms with Gasteiger partial charge in [0, 0.05) is 0 Å². The van der Waals surface area contributed by atoms with Crippen LogP contribution in [0.5, 0.6) is 11.5 Å². The molecule has 2 aromatic carbocycles. The molecule has 0 aliphatic carbocycles. The zero-order valence-electron chi connectivity index (χ0n) is 17.2. The largest absolute Gasteiger partial charge is 0.508 e. The summed E-state index contributed by atoms with van der Waals surface area (Å²) < 4.78 is 24.7. The van der Waals surface area contributed by atoms with Crippen LogP contribution in [0.2, 0.25) is 0 Å². The Morgan fingerprint density at radius 2 is 1.75 bits per heavy atom. The Morgan fingerprint density at radius 3 is 2.36 bits per heavy atom. The lowest BCUT2D eigenvalue weighted by molar-refractivity contribution is -0.145. The standard InChI is InChI=1S/C23H29FO4/c1-6-27-23(26)13-28-22-12-18(14(2)3)17(11-20(22)24)9-16-7-8-21(25)19(10-16)15(4)5/h7-8,10-12,14-15,25H,6,9,13H2,1-5H3. The first-order valence-corrected chi connectivity index (χ1v) is 9.65. The second kappa shape index (κ2) is 9.58. The third-order valence-corrected chi connectivity index (χ3v) is 4.58. The molecular weight excluding hydrogens is 359 g/mol. The van der Waals surface area contributed by atoms with E-state index in [-0.39, 0.29) is 36.5 Å². The number of phenolic OH excluding ortho intramolecular Hbond substituents is 1. The van der Waals surface area contributed by atoms with E-state index in [0.717, 1.165) is 22.3 Å². The highest BCUT2D eigenvalue weighted by molar-refractivity contribution is 5.71. The first-order chi connectivity index (χ1) is 13.2. The molecule has 0 unspecified atom stereocenters. The lowest BCUT2D eigenvalue weighted by atomic mass is 9.91. The van der Waals surface area contributed by atoms with E-state index in [1.54, 1.807) is 19.1 Å². The molecule has 4 nitrogen and oxygen atoms in total. The minimum atomic E-state index is -0.526. The fourth-order valence-corrected chi connectivity index (χ4v) is 3.15. The van der Waals surface area contributed by atoms with E-state index in [9.17, 15) is 14.3 Å². The topological polar surface area (TPSA) is 55.8 Å². The molecule has 28 heavy (non-hydrogen) atoms. The Bertz CT molecular complexity index is 828. The van der Waals surface area contributed by atoms with E-state index in [2.05, 4.69) is 0 Å². The van der Waals surface area contributed by atoms with E-state index in [1.807, 2.05) is 39.8 Å². The molecule has 2 rings (SSSR count). The molecule has 2 aromatic rings. The van der Waals surface area contributed by atoms with Gasteiger partial charge in [-0.15, -0.1) is 0 Å². The fraction of sp³-hybridized carbons (Fsp3) is 0.435. The Kier molecular flexibility index (Phi) is 7.44. The molecule has 0 aliphatic heterocycles. The second-order valence-corrected chi connectivity index (χ2v) is 7.45.